The van der Waals surface area contributed by atoms with Gasteiger partial charge in [0.1, 0.15) is 0 Å². The Labute approximate surface area is 228 Å². The molecule has 39 heavy (non-hydrogen) atoms. The number of carboxylic acids is 1. The molecule has 3 aromatic carbocycles. The minimum Gasteiger partial charge on any atom is -0.481 e. The van der Waals surface area contributed by atoms with E-state index in [2.05, 4.69) is 20.6 Å². The molecule has 0 aliphatic heterocycles. The standard InChI is InChI=1S/C29H27N5O4S/c30-29(32-18-20-6-2-1-3-7-20)34-24-10-4-8-21(16-24)28(37)33-23-11-13-25(14-12-23)39(38)26(17-27(35)36)22-9-5-15-31-19-22/h1-16,19,26H,17-18H2,(H,33,37)(H,35,36)(H3,30,32,34). The summed E-state index contributed by atoms with van der Waals surface area (Å²) in [6.45, 7) is 0.430. The smallest absolute Gasteiger partial charge is 0.304 e. The zero-order valence-electron chi connectivity index (χ0n) is 20.9. The van der Waals surface area contributed by atoms with Crippen LogP contribution in [0.15, 0.2) is 113 Å². The van der Waals surface area contributed by atoms with Gasteiger partial charge >= 0.3 is 5.97 Å². The largest absolute Gasteiger partial charge is 0.481 e. The number of carboxylic acid groups (broad SMARTS) is 1. The van der Waals surface area contributed by atoms with E-state index in [1.54, 1.807) is 66.9 Å². The minimum absolute atomic E-state index is 0.229. The molecule has 1 amide bonds. The van der Waals surface area contributed by atoms with Crippen molar-refractivity contribution in [2.75, 3.05) is 10.6 Å². The van der Waals surface area contributed by atoms with Crippen molar-refractivity contribution < 1.29 is 18.9 Å². The number of carbonyl (C=O) groups excluding carboxylic acids is 1. The Balaban J connectivity index is 1.40. The van der Waals surface area contributed by atoms with Crippen molar-refractivity contribution in [3.63, 3.8) is 0 Å². The fraction of sp³-hybridized carbons (Fsp3) is 0.103. The average molecular weight is 542 g/mol. The quantitative estimate of drug-likeness (QED) is 0.170. The van der Waals surface area contributed by atoms with E-state index in [1.807, 2.05) is 30.3 Å². The second kappa shape index (κ2) is 13.1. The predicted molar refractivity (Wildman–Crippen MR) is 152 cm³/mol. The molecule has 2 atom stereocenters. The number of amides is 1. The topological polar surface area (TPSA) is 147 Å². The Morgan fingerprint density at radius 3 is 2.38 bits per heavy atom. The first kappa shape index (κ1) is 27.2. The van der Waals surface area contributed by atoms with Crippen LogP contribution in [0.5, 0.6) is 0 Å². The fourth-order valence-corrected chi connectivity index (χ4v) is 5.18. The molecule has 0 fully saturated rings. The van der Waals surface area contributed by atoms with Crippen LogP contribution >= 0.6 is 0 Å². The van der Waals surface area contributed by atoms with Gasteiger partial charge in [-0.15, -0.1) is 0 Å². The normalized spacial score (nSPS) is 12.8. The molecular weight excluding hydrogens is 514 g/mol. The monoisotopic (exact) mass is 541 g/mol. The highest BCUT2D eigenvalue weighted by molar-refractivity contribution is 7.85. The summed E-state index contributed by atoms with van der Waals surface area (Å²) in [6.07, 6.45) is 2.79. The van der Waals surface area contributed by atoms with E-state index in [1.165, 1.54) is 6.20 Å². The molecule has 0 saturated heterocycles. The van der Waals surface area contributed by atoms with E-state index < -0.39 is 22.0 Å². The molecule has 9 nitrogen and oxygen atoms in total. The van der Waals surface area contributed by atoms with Crippen molar-refractivity contribution in [2.45, 2.75) is 23.1 Å². The summed E-state index contributed by atoms with van der Waals surface area (Å²) < 4.78 is 13.2. The maximum Gasteiger partial charge on any atom is 0.304 e. The summed E-state index contributed by atoms with van der Waals surface area (Å²) in [5, 5.41) is 14.4. The first-order valence-electron chi connectivity index (χ1n) is 12.0. The fourth-order valence-electron chi connectivity index (χ4n) is 3.77. The molecule has 0 radical (unpaired) electrons. The summed E-state index contributed by atoms with van der Waals surface area (Å²) in [6, 6.07) is 26.4. The van der Waals surface area contributed by atoms with Crippen molar-refractivity contribution in [1.29, 1.82) is 0 Å². The molecule has 0 bridgehead atoms. The number of anilines is 2. The number of pyridine rings is 1. The van der Waals surface area contributed by atoms with E-state index >= 15 is 0 Å². The highest BCUT2D eigenvalue weighted by Crippen LogP contribution is 2.29. The molecule has 1 heterocycles. The summed E-state index contributed by atoms with van der Waals surface area (Å²) in [5.74, 6) is -1.17. The summed E-state index contributed by atoms with van der Waals surface area (Å²) in [5.41, 5.74) is 9.13. The number of benzene rings is 3. The predicted octanol–water partition coefficient (Wildman–Crippen LogP) is 4.58. The third-order valence-corrected chi connectivity index (χ3v) is 7.38. The van der Waals surface area contributed by atoms with Gasteiger partial charge in [-0.3, -0.25) is 18.8 Å². The number of carbonyl (C=O) groups is 2. The molecule has 0 aliphatic rings. The van der Waals surface area contributed by atoms with Crippen molar-refractivity contribution in [2.24, 2.45) is 10.7 Å². The van der Waals surface area contributed by atoms with Gasteiger partial charge in [0.05, 0.1) is 29.0 Å². The van der Waals surface area contributed by atoms with Gasteiger partial charge in [-0.25, -0.2) is 4.99 Å². The van der Waals surface area contributed by atoms with Crippen LogP contribution in [0, 0.1) is 0 Å². The summed E-state index contributed by atoms with van der Waals surface area (Å²) >= 11 is 0. The lowest BCUT2D eigenvalue weighted by molar-refractivity contribution is -0.137. The first-order valence-corrected chi connectivity index (χ1v) is 13.2. The van der Waals surface area contributed by atoms with Crippen molar-refractivity contribution >= 4 is 40.0 Å². The van der Waals surface area contributed by atoms with Crippen LogP contribution in [0.2, 0.25) is 0 Å². The lowest BCUT2D eigenvalue weighted by atomic mass is 10.1. The molecule has 4 aromatic rings. The Morgan fingerprint density at radius 2 is 1.69 bits per heavy atom. The Kier molecular flexibility index (Phi) is 9.15. The number of nitrogens with two attached hydrogens (primary N) is 1. The van der Waals surface area contributed by atoms with Gasteiger partial charge < -0.3 is 21.5 Å². The van der Waals surface area contributed by atoms with Gasteiger partial charge in [-0.05, 0) is 59.7 Å². The number of rotatable bonds is 10. The van der Waals surface area contributed by atoms with Gasteiger partial charge in [0.2, 0.25) is 0 Å². The molecule has 1 aromatic heterocycles. The van der Waals surface area contributed by atoms with Crippen LogP contribution in [-0.4, -0.2) is 32.1 Å². The van der Waals surface area contributed by atoms with Gasteiger partial charge in [0.25, 0.3) is 5.91 Å². The molecule has 198 valence electrons. The zero-order chi connectivity index (χ0) is 27.6. The van der Waals surface area contributed by atoms with Crippen molar-refractivity contribution in [3.8, 4) is 0 Å². The van der Waals surface area contributed by atoms with Crippen molar-refractivity contribution in [3.05, 3.63) is 120 Å². The number of aliphatic imine (C=N–C) groups is 1. The number of nitrogens with zero attached hydrogens (tertiary/aromatic N) is 2. The van der Waals surface area contributed by atoms with Crippen molar-refractivity contribution in [1.82, 2.24) is 4.98 Å². The first-order chi connectivity index (χ1) is 18.9. The van der Waals surface area contributed by atoms with Crippen LogP contribution in [0.1, 0.15) is 33.2 Å². The minimum atomic E-state index is -1.64. The summed E-state index contributed by atoms with van der Waals surface area (Å²) in [7, 11) is -1.64. The molecule has 4 rings (SSSR count). The average Bonchev–Trinajstić information content (AvgIpc) is 2.96. The lowest BCUT2D eigenvalue weighted by Crippen LogP contribution is -2.23. The maximum atomic E-state index is 13.2. The van der Waals surface area contributed by atoms with Gasteiger partial charge in [0.15, 0.2) is 5.96 Å². The SMILES string of the molecule is NC(=NCc1ccccc1)Nc1cccc(C(=O)Nc2ccc(S(=O)C(CC(=O)O)c3cccnc3)cc2)c1. The zero-order valence-corrected chi connectivity index (χ0v) is 21.7. The number of aromatic nitrogens is 1. The molecule has 5 N–H and O–H groups in total. The molecular formula is C29H27N5O4S. The van der Waals surface area contributed by atoms with Crippen LogP contribution in [0.3, 0.4) is 0 Å². The van der Waals surface area contributed by atoms with E-state index in [4.69, 9.17) is 5.73 Å². The van der Waals surface area contributed by atoms with Crippen LogP contribution in [0.4, 0.5) is 11.4 Å². The summed E-state index contributed by atoms with van der Waals surface area (Å²) in [4.78, 5) is 33.0. The third-order valence-electron chi connectivity index (χ3n) is 5.69. The van der Waals surface area contributed by atoms with Crippen LogP contribution in [-0.2, 0) is 22.1 Å². The van der Waals surface area contributed by atoms with E-state index in [9.17, 15) is 18.9 Å². The third kappa shape index (κ3) is 7.83. The Bertz CT molecular complexity index is 1480. The highest BCUT2D eigenvalue weighted by Gasteiger charge is 2.24. The van der Waals surface area contributed by atoms with E-state index in [0.29, 0.717) is 33.9 Å². The van der Waals surface area contributed by atoms with E-state index in [0.717, 1.165) is 5.56 Å². The second-order valence-corrected chi connectivity index (χ2v) is 10.2. The molecule has 0 spiro atoms. The molecule has 2 unspecified atom stereocenters. The lowest BCUT2D eigenvalue weighted by Gasteiger charge is -2.15. The number of guanidine groups is 1. The molecule has 0 aliphatic carbocycles. The number of hydrogen-bond acceptors (Lipinski definition) is 5. The van der Waals surface area contributed by atoms with Gasteiger partial charge in [0, 0.05) is 34.2 Å². The number of hydrogen-bond donors (Lipinski definition) is 4. The Hall–Kier alpha value is -4.83. The van der Waals surface area contributed by atoms with Gasteiger partial charge in [-0.1, -0.05) is 42.5 Å². The Morgan fingerprint density at radius 1 is 0.923 bits per heavy atom. The van der Waals surface area contributed by atoms with Gasteiger partial charge in [-0.2, -0.15) is 0 Å². The molecule has 0 saturated carbocycles. The second-order valence-electron chi connectivity index (χ2n) is 8.54. The van der Waals surface area contributed by atoms with E-state index in [-0.39, 0.29) is 18.3 Å². The van der Waals surface area contributed by atoms with Crippen LogP contribution < -0.4 is 16.4 Å². The number of nitrogens with one attached hydrogen (secondary N) is 2. The molecule has 10 heteroatoms. The highest BCUT2D eigenvalue weighted by atomic mass is 32.2. The van der Waals surface area contributed by atoms with Crippen LogP contribution in [0.25, 0.3) is 0 Å². The maximum absolute atomic E-state index is 13.2. The number of aliphatic carboxylic acids is 1.